The average molecular weight is 152 g/mol. The van der Waals surface area contributed by atoms with Crippen LogP contribution in [0.3, 0.4) is 0 Å². The van der Waals surface area contributed by atoms with Crippen molar-refractivity contribution in [2.75, 3.05) is 0 Å². The second-order valence-electron chi connectivity index (χ2n) is 2.53. The van der Waals surface area contributed by atoms with Crippen LogP contribution in [0.1, 0.15) is 13.8 Å². The van der Waals surface area contributed by atoms with E-state index in [0.29, 0.717) is 0 Å². The van der Waals surface area contributed by atoms with Crippen LogP contribution < -0.4 is 10.6 Å². The van der Waals surface area contributed by atoms with E-state index in [0.717, 1.165) is 0 Å². The Morgan fingerprint density at radius 2 is 1.80 bits per heavy atom. The Balaban J connectivity index is 0.000000810. The number of carbonyl (C=O) groups excluding carboxylic acids is 2. The first-order chi connectivity index (χ1) is 4.02. The van der Waals surface area contributed by atoms with Crippen LogP contribution in [0.25, 0.3) is 0 Å². The van der Waals surface area contributed by atoms with E-state index in [1.54, 1.807) is 13.8 Å². The van der Waals surface area contributed by atoms with Gasteiger partial charge in [0.25, 0.3) is 5.91 Å². The van der Waals surface area contributed by atoms with Gasteiger partial charge in [-0.2, -0.15) is 0 Å². The molecule has 1 aliphatic heterocycles. The number of hydrogen-bond acceptors (Lipinski definition) is 2. The Morgan fingerprint density at radius 1 is 1.30 bits per heavy atom. The van der Waals surface area contributed by atoms with Crippen LogP contribution in [-0.4, -0.2) is 47.0 Å². The molecule has 4 nitrogen and oxygen atoms in total. The van der Waals surface area contributed by atoms with Crippen LogP contribution in [0, 0.1) is 0 Å². The van der Waals surface area contributed by atoms with E-state index in [2.05, 4.69) is 10.6 Å². The molecule has 52 valence electrons. The third-order valence-corrected chi connectivity index (χ3v) is 1.22. The summed E-state index contributed by atoms with van der Waals surface area (Å²) in [4.78, 5) is 21.1. The molecule has 1 aliphatic rings. The van der Waals surface area contributed by atoms with Crippen LogP contribution in [0.2, 0.25) is 0 Å². The second kappa shape index (κ2) is 2.90. The summed E-state index contributed by atoms with van der Waals surface area (Å²) in [5, 5.41) is 4.56. The number of hydrogen-bond donors (Lipinski definition) is 2. The van der Waals surface area contributed by atoms with Crippen molar-refractivity contribution < 1.29 is 9.59 Å². The van der Waals surface area contributed by atoms with Gasteiger partial charge in [-0.1, -0.05) is 0 Å². The molecule has 1 fully saturated rings. The number of urea groups is 1. The van der Waals surface area contributed by atoms with Gasteiger partial charge in [0.15, 0.2) is 0 Å². The second-order valence-corrected chi connectivity index (χ2v) is 2.53. The number of amides is 3. The number of rotatable bonds is 0. The van der Waals surface area contributed by atoms with Crippen LogP contribution in [-0.2, 0) is 4.79 Å². The zero-order chi connectivity index (χ0) is 7.07. The summed E-state index contributed by atoms with van der Waals surface area (Å²) >= 11 is 0. The molecule has 0 bridgehead atoms. The maximum atomic E-state index is 10.7. The molecule has 3 amide bonds. The van der Waals surface area contributed by atoms with Crippen molar-refractivity contribution in [3.8, 4) is 0 Å². The molecular weight excluding hydrogens is 143 g/mol. The van der Waals surface area contributed by atoms with Gasteiger partial charge in [-0.15, -0.1) is 0 Å². The van der Waals surface area contributed by atoms with Crippen LogP contribution in [0.5, 0.6) is 0 Å². The Morgan fingerprint density at radius 3 is 1.90 bits per heavy atom. The van der Waals surface area contributed by atoms with Crippen molar-refractivity contribution in [2.24, 2.45) is 0 Å². The van der Waals surface area contributed by atoms with Crippen molar-refractivity contribution in [1.82, 2.24) is 10.6 Å². The Kier molecular flexibility index (Phi) is 2.88. The molecule has 0 unspecified atom stereocenters. The van der Waals surface area contributed by atoms with E-state index in [-0.39, 0.29) is 35.5 Å². The van der Waals surface area contributed by atoms with Gasteiger partial charge in [0.05, 0.1) is 0 Å². The first-order valence-electron chi connectivity index (χ1n) is 2.66. The molecule has 0 atom stereocenters. The number of imide groups is 1. The topological polar surface area (TPSA) is 58.2 Å². The molecule has 5 heteroatoms. The Labute approximate surface area is 81.0 Å². The Hall–Kier alpha value is -0.0600. The number of carbonyl (C=O) groups is 2. The summed E-state index contributed by atoms with van der Waals surface area (Å²) in [5.41, 5.74) is -0.725. The van der Waals surface area contributed by atoms with Crippen LogP contribution >= 0.6 is 0 Å². The molecule has 1 saturated heterocycles. The van der Waals surface area contributed by atoms with Gasteiger partial charge in [-0.25, -0.2) is 4.79 Å². The molecule has 0 spiro atoms. The summed E-state index contributed by atoms with van der Waals surface area (Å²) < 4.78 is 0. The van der Waals surface area contributed by atoms with Gasteiger partial charge in [-0.3, -0.25) is 10.1 Å². The zero-order valence-electron chi connectivity index (χ0n) is 5.32. The fraction of sp³-hybridized carbons (Fsp3) is 0.600. The SMILES string of the molecule is CC1(C)NC(=O)NC1=O.[NaH]. The van der Waals surface area contributed by atoms with Crippen LogP contribution in [0.15, 0.2) is 0 Å². The van der Waals surface area contributed by atoms with E-state index in [9.17, 15) is 9.59 Å². The van der Waals surface area contributed by atoms with Gasteiger partial charge in [0.1, 0.15) is 5.54 Å². The van der Waals surface area contributed by atoms with Gasteiger partial charge in [0.2, 0.25) is 0 Å². The van der Waals surface area contributed by atoms with Crippen LogP contribution in [0.4, 0.5) is 4.79 Å². The molecule has 0 aromatic carbocycles. The van der Waals surface area contributed by atoms with Crippen molar-refractivity contribution in [3.05, 3.63) is 0 Å². The monoisotopic (exact) mass is 152 g/mol. The molecule has 1 heterocycles. The predicted molar refractivity (Wildman–Crippen MR) is 37.9 cm³/mol. The van der Waals surface area contributed by atoms with E-state index < -0.39 is 11.6 Å². The quantitative estimate of drug-likeness (QED) is 0.344. The number of nitrogens with one attached hydrogen (secondary N) is 2. The van der Waals surface area contributed by atoms with E-state index in [4.69, 9.17) is 0 Å². The normalized spacial score (nSPS) is 21.0. The van der Waals surface area contributed by atoms with Crippen molar-refractivity contribution in [2.45, 2.75) is 19.4 Å². The van der Waals surface area contributed by atoms with Gasteiger partial charge in [-0.05, 0) is 13.8 Å². The fourth-order valence-electron chi connectivity index (χ4n) is 0.631. The standard InChI is InChI=1S/C5H8N2O2.Na.H/c1-5(2)3(8)6-4(9)7-5;;/h1-2H3,(H2,6,7,8,9);;. The minimum absolute atomic E-state index is 0. The van der Waals surface area contributed by atoms with Crippen molar-refractivity contribution in [1.29, 1.82) is 0 Å². The predicted octanol–water partition coefficient (Wildman–Crippen LogP) is -1.04. The molecule has 0 aromatic heterocycles. The third kappa shape index (κ3) is 1.71. The van der Waals surface area contributed by atoms with E-state index in [1.807, 2.05) is 0 Å². The van der Waals surface area contributed by atoms with Gasteiger partial charge in [0, 0.05) is 0 Å². The summed E-state index contributed by atoms with van der Waals surface area (Å²) in [6.45, 7) is 3.29. The van der Waals surface area contributed by atoms with Crippen molar-refractivity contribution in [3.63, 3.8) is 0 Å². The van der Waals surface area contributed by atoms with Crippen molar-refractivity contribution >= 4 is 41.5 Å². The summed E-state index contributed by atoms with van der Waals surface area (Å²) in [6.07, 6.45) is 0. The minimum atomic E-state index is -0.725. The maximum absolute atomic E-state index is 10.7. The molecule has 2 N–H and O–H groups in total. The first-order valence-corrected chi connectivity index (χ1v) is 2.66. The molecule has 0 radical (unpaired) electrons. The molecule has 0 saturated carbocycles. The van der Waals surface area contributed by atoms with E-state index in [1.165, 1.54) is 0 Å². The Bertz CT molecular complexity index is 178. The van der Waals surface area contributed by atoms with Gasteiger partial charge < -0.3 is 5.32 Å². The fourth-order valence-corrected chi connectivity index (χ4v) is 0.631. The molecule has 0 aromatic rings. The van der Waals surface area contributed by atoms with Gasteiger partial charge >= 0.3 is 35.6 Å². The summed E-state index contributed by atoms with van der Waals surface area (Å²) in [7, 11) is 0. The third-order valence-electron chi connectivity index (χ3n) is 1.22. The summed E-state index contributed by atoms with van der Waals surface area (Å²) in [6, 6.07) is -0.412. The first kappa shape index (κ1) is 9.94. The molecular formula is C5H9N2NaO2. The average Bonchev–Trinajstić information content (AvgIpc) is 1.79. The molecule has 1 rings (SSSR count). The van der Waals surface area contributed by atoms with E-state index >= 15 is 0 Å². The molecule has 0 aliphatic carbocycles. The molecule has 10 heavy (non-hydrogen) atoms. The summed E-state index contributed by atoms with van der Waals surface area (Å²) in [5.74, 6) is -0.271. The zero-order valence-corrected chi connectivity index (χ0v) is 5.32.